The van der Waals surface area contributed by atoms with Gasteiger partial charge in [0.1, 0.15) is 17.5 Å². The molecule has 1 atom stereocenters. The molecule has 0 radical (unpaired) electrons. The summed E-state index contributed by atoms with van der Waals surface area (Å²) in [6.07, 6.45) is 1.48. The van der Waals surface area contributed by atoms with E-state index >= 15 is 0 Å². The highest BCUT2D eigenvalue weighted by atomic mass is 79.9. The van der Waals surface area contributed by atoms with Crippen LogP contribution in [0.25, 0.3) is 6.08 Å². The van der Waals surface area contributed by atoms with Crippen molar-refractivity contribution < 1.29 is 24.2 Å². The van der Waals surface area contributed by atoms with Gasteiger partial charge in [0.05, 0.1) is 7.11 Å². The highest BCUT2D eigenvalue weighted by Crippen LogP contribution is 2.15. The molecule has 0 bridgehead atoms. The van der Waals surface area contributed by atoms with Crippen molar-refractivity contribution in [1.82, 2.24) is 10.6 Å². The van der Waals surface area contributed by atoms with Gasteiger partial charge < -0.3 is 20.5 Å². The van der Waals surface area contributed by atoms with Gasteiger partial charge in [0, 0.05) is 10.0 Å². The third kappa shape index (κ3) is 6.45. The summed E-state index contributed by atoms with van der Waals surface area (Å²) < 4.78 is 5.93. The molecule has 0 fully saturated rings. The number of nitrogens with one attached hydrogen (secondary N) is 2. The van der Waals surface area contributed by atoms with Gasteiger partial charge in [-0.1, -0.05) is 41.9 Å². The summed E-state index contributed by atoms with van der Waals surface area (Å²) in [5, 5.41) is 14.4. The largest absolute Gasteiger partial charge is 0.497 e. The van der Waals surface area contributed by atoms with Gasteiger partial charge in [-0.2, -0.15) is 0 Å². The van der Waals surface area contributed by atoms with E-state index in [1.165, 1.54) is 6.08 Å². The topological polar surface area (TPSA) is 105 Å². The quantitative estimate of drug-likeness (QED) is 0.508. The summed E-state index contributed by atoms with van der Waals surface area (Å²) in [6.45, 7) is 3.37. The van der Waals surface area contributed by atoms with Crippen molar-refractivity contribution in [2.45, 2.75) is 19.9 Å². The van der Waals surface area contributed by atoms with Crippen molar-refractivity contribution in [3.05, 3.63) is 69.8 Å². The fraction of sp³-hybridized carbons (Fsp3) is 0.227. The van der Waals surface area contributed by atoms with Crippen molar-refractivity contribution in [3.8, 4) is 5.75 Å². The van der Waals surface area contributed by atoms with Crippen molar-refractivity contribution in [2.24, 2.45) is 5.92 Å². The van der Waals surface area contributed by atoms with Crippen molar-refractivity contribution in [2.75, 3.05) is 7.11 Å². The SMILES string of the molecule is COc1ccc(/C=C(/NC(=O)c2ccc(Br)cc2)C(=O)N[C@@H](C(=O)O)C(C)C)cc1. The Balaban J connectivity index is 2.33. The van der Waals surface area contributed by atoms with Gasteiger partial charge in [-0.3, -0.25) is 9.59 Å². The second-order valence-corrected chi connectivity index (χ2v) is 7.74. The van der Waals surface area contributed by atoms with Crippen LogP contribution >= 0.6 is 15.9 Å². The predicted octanol–water partition coefficient (Wildman–Crippen LogP) is 3.45. The smallest absolute Gasteiger partial charge is 0.326 e. The molecule has 2 aromatic carbocycles. The van der Waals surface area contributed by atoms with E-state index in [2.05, 4.69) is 26.6 Å². The van der Waals surface area contributed by atoms with Gasteiger partial charge >= 0.3 is 5.97 Å². The number of carbonyl (C=O) groups is 3. The van der Waals surface area contributed by atoms with Crippen LogP contribution in [-0.4, -0.2) is 36.0 Å². The highest BCUT2D eigenvalue weighted by Gasteiger charge is 2.25. The fourth-order valence-electron chi connectivity index (χ4n) is 2.55. The van der Waals surface area contributed by atoms with Gasteiger partial charge in [0.25, 0.3) is 11.8 Å². The van der Waals surface area contributed by atoms with Crippen molar-refractivity contribution in [3.63, 3.8) is 0 Å². The third-order valence-electron chi connectivity index (χ3n) is 4.25. The molecule has 3 N–H and O–H groups in total. The van der Waals surface area contributed by atoms with E-state index in [1.807, 2.05) is 0 Å². The summed E-state index contributed by atoms with van der Waals surface area (Å²) in [5.41, 5.74) is 0.915. The minimum Gasteiger partial charge on any atom is -0.497 e. The van der Waals surface area contributed by atoms with Crippen LogP contribution in [0.5, 0.6) is 5.75 Å². The molecule has 0 saturated heterocycles. The van der Waals surface area contributed by atoms with Gasteiger partial charge in [-0.15, -0.1) is 0 Å². The van der Waals surface area contributed by atoms with Crippen LogP contribution in [0, 0.1) is 5.92 Å². The van der Waals surface area contributed by atoms with E-state index in [0.29, 0.717) is 16.9 Å². The number of hydrogen-bond donors (Lipinski definition) is 3. The monoisotopic (exact) mass is 474 g/mol. The summed E-state index contributed by atoms with van der Waals surface area (Å²) in [5.74, 6) is -2.04. The number of carboxylic acid groups (broad SMARTS) is 1. The second kappa shape index (κ2) is 10.6. The molecule has 0 unspecified atom stereocenters. The Labute approximate surface area is 183 Å². The number of ether oxygens (including phenoxy) is 1. The molecular formula is C22H23BrN2O5. The van der Waals surface area contributed by atoms with E-state index in [4.69, 9.17) is 4.74 Å². The molecule has 0 aliphatic heterocycles. The maximum Gasteiger partial charge on any atom is 0.326 e. The number of benzene rings is 2. The van der Waals surface area contributed by atoms with Gasteiger partial charge in [-0.25, -0.2) is 4.79 Å². The minimum atomic E-state index is -1.15. The summed E-state index contributed by atoms with van der Waals surface area (Å²) in [7, 11) is 1.54. The molecule has 0 aliphatic carbocycles. The Kier molecular flexibility index (Phi) is 8.17. The maximum absolute atomic E-state index is 12.8. The molecule has 0 heterocycles. The van der Waals surface area contributed by atoms with Gasteiger partial charge in [0.2, 0.25) is 0 Å². The first kappa shape index (κ1) is 23.2. The lowest BCUT2D eigenvalue weighted by atomic mass is 10.0. The van der Waals surface area contributed by atoms with Crippen LogP contribution in [0.3, 0.4) is 0 Å². The van der Waals surface area contributed by atoms with Crippen molar-refractivity contribution >= 4 is 39.8 Å². The number of halogens is 1. The fourth-order valence-corrected chi connectivity index (χ4v) is 2.82. The Morgan fingerprint density at radius 3 is 2.13 bits per heavy atom. The third-order valence-corrected chi connectivity index (χ3v) is 4.77. The summed E-state index contributed by atoms with van der Waals surface area (Å²) in [4.78, 5) is 36.9. The number of aliphatic carboxylic acids is 1. The average molecular weight is 475 g/mol. The molecule has 2 amide bonds. The summed E-state index contributed by atoms with van der Waals surface area (Å²) >= 11 is 3.31. The van der Waals surface area contributed by atoms with Gasteiger partial charge in [0.15, 0.2) is 0 Å². The summed E-state index contributed by atoms with van der Waals surface area (Å²) in [6, 6.07) is 12.4. The Hall–Kier alpha value is -3.13. The van der Waals surface area contributed by atoms with Crippen LogP contribution in [-0.2, 0) is 9.59 Å². The zero-order valence-corrected chi connectivity index (χ0v) is 18.4. The minimum absolute atomic E-state index is 0.0695. The molecular weight excluding hydrogens is 452 g/mol. The number of methoxy groups -OCH3 is 1. The predicted molar refractivity (Wildman–Crippen MR) is 117 cm³/mol. The first-order valence-electron chi connectivity index (χ1n) is 9.17. The van der Waals surface area contributed by atoms with E-state index in [1.54, 1.807) is 69.5 Å². The van der Waals surface area contributed by atoms with E-state index in [9.17, 15) is 19.5 Å². The van der Waals surface area contributed by atoms with Gasteiger partial charge in [-0.05, 0) is 54.0 Å². The Bertz CT molecular complexity index is 937. The molecule has 8 heteroatoms. The molecule has 7 nitrogen and oxygen atoms in total. The number of hydrogen-bond acceptors (Lipinski definition) is 4. The number of carbonyl (C=O) groups excluding carboxylic acids is 2. The number of rotatable bonds is 8. The number of amides is 2. The molecule has 2 aromatic rings. The van der Waals surface area contributed by atoms with E-state index in [-0.39, 0.29) is 11.6 Å². The van der Waals surface area contributed by atoms with Crippen LogP contribution in [0.2, 0.25) is 0 Å². The Morgan fingerprint density at radius 1 is 1.03 bits per heavy atom. The average Bonchev–Trinajstić information content (AvgIpc) is 2.71. The van der Waals surface area contributed by atoms with E-state index in [0.717, 1.165) is 4.47 Å². The van der Waals surface area contributed by atoms with Crippen molar-refractivity contribution in [1.29, 1.82) is 0 Å². The van der Waals surface area contributed by atoms with Crippen LogP contribution < -0.4 is 15.4 Å². The highest BCUT2D eigenvalue weighted by molar-refractivity contribution is 9.10. The van der Waals surface area contributed by atoms with Crippen LogP contribution in [0.1, 0.15) is 29.8 Å². The molecule has 0 aromatic heterocycles. The molecule has 158 valence electrons. The van der Waals surface area contributed by atoms with Crippen LogP contribution in [0.4, 0.5) is 0 Å². The molecule has 0 aliphatic rings. The zero-order chi connectivity index (χ0) is 22.3. The van der Waals surface area contributed by atoms with Crippen LogP contribution in [0.15, 0.2) is 58.7 Å². The second-order valence-electron chi connectivity index (χ2n) is 6.83. The molecule has 0 saturated carbocycles. The first-order chi connectivity index (χ1) is 14.2. The molecule has 30 heavy (non-hydrogen) atoms. The first-order valence-corrected chi connectivity index (χ1v) is 9.97. The molecule has 0 spiro atoms. The molecule has 2 rings (SSSR count). The lowest BCUT2D eigenvalue weighted by molar-refractivity contribution is -0.142. The standard InChI is InChI=1S/C22H23BrN2O5/c1-13(2)19(22(28)29)25-21(27)18(12-14-4-10-17(30-3)11-5-14)24-20(26)15-6-8-16(23)9-7-15/h4-13,19H,1-3H3,(H,24,26)(H,25,27)(H,28,29)/b18-12+/t19-/m1/s1. The lowest BCUT2D eigenvalue weighted by Crippen LogP contribution is -2.47. The normalized spacial score (nSPS) is 12.2. The van der Waals surface area contributed by atoms with E-state index < -0.39 is 23.8 Å². The lowest BCUT2D eigenvalue weighted by Gasteiger charge is -2.19. The Morgan fingerprint density at radius 2 is 1.63 bits per heavy atom. The number of carboxylic acids is 1. The maximum atomic E-state index is 12.8. The zero-order valence-electron chi connectivity index (χ0n) is 16.8.